The maximum absolute atomic E-state index is 12.6. The van der Waals surface area contributed by atoms with E-state index >= 15 is 0 Å². The summed E-state index contributed by atoms with van der Waals surface area (Å²) in [6.07, 6.45) is 1.55. The number of hydrogen-bond acceptors (Lipinski definition) is 7. The minimum Gasteiger partial charge on any atom is -0.490 e. The van der Waals surface area contributed by atoms with Crippen LogP contribution in [-0.2, 0) is 19.6 Å². The van der Waals surface area contributed by atoms with Gasteiger partial charge in [0, 0.05) is 44.6 Å². The van der Waals surface area contributed by atoms with Gasteiger partial charge in [0.05, 0.1) is 18.1 Å². The molecular formula is C22H33N3O7S. The molecule has 2 heterocycles. The van der Waals surface area contributed by atoms with E-state index in [1.165, 1.54) is 12.1 Å². The van der Waals surface area contributed by atoms with E-state index < -0.39 is 21.7 Å². The molecular weight excluding hydrogens is 450 g/mol. The number of ether oxygens (including phenoxy) is 3. The van der Waals surface area contributed by atoms with Gasteiger partial charge in [-0.2, -0.15) is 0 Å². The van der Waals surface area contributed by atoms with Crippen LogP contribution in [0.3, 0.4) is 0 Å². The molecule has 10 nitrogen and oxygen atoms in total. The molecule has 2 N–H and O–H groups in total. The summed E-state index contributed by atoms with van der Waals surface area (Å²) in [5.41, 5.74) is -0.562. The van der Waals surface area contributed by atoms with Gasteiger partial charge < -0.3 is 24.4 Å². The highest BCUT2D eigenvalue weighted by Crippen LogP contribution is 2.31. The first-order chi connectivity index (χ1) is 15.5. The number of nitrogens with one attached hydrogen (secondary N) is 2. The van der Waals surface area contributed by atoms with Gasteiger partial charge in [-0.25, -0.2) is 17.9 Å². The fourth-order valence-corrected chi connectivity index (χ4v) is 4.64. The molecule has 3 rings (SSSR count). The van der Waals surface area contributed by atoms with Crippen LogP contribution in [0.15, 0.2) is 23.1 Å². The normalized spacial score (nSPS) is 17.2. The Morgan fingerprint density at radius 2 is 1.79 bits per heavy atom. The van der Waals surface area contributed by atoms with E-state index in [4.69, 9.17) is 14.2 Å². The summed E-state index contributed by atoms with van der Waals surface area (Å²) in [4.78, 5) is 26.2. The Morgan fingerprint density at radius 1 is 1.12 bits per heavy atom. The molecule has 1 saturated heterocycles. The van der Waals surface area contributed by atoms with Crippen LogP contribution < -0.4 is 19.5 Å². The summed E-state index contributed by atoms with van der Waals surface area (Å²) in [7, 11) is -3.79. The molecule has 0 bridgehead atoms. The van der Waals surface area contributed by atoms with Gasteiger partial charge >= 0.3 is 6.09 Å². The summed E-state index contributed by atoms with van der Waals surface area (Å²) >= 11 is 0. The van der Waals surface area contributed by atoms with Crippen LogP contribution in [0, 0.1) is 0 Å². The first kappa shape index (κ1) is 25.1. The summed E-state index contributed by atoms with van der Waals surface area (Å²) in [5.74, 6) is 0.785. The van der Waals surface area contributed by atoms with Gasteiger partial charge in [-0.15, -0.1) is 0 Å². The smallest absolute Gasteiger partial charge is 0.407 e. The van der Waals surface area contributed by atoms with Gasteiger partial charge in [-0.05, 0) is 45.7 Å². The first-order valence-electron chi connectivity index (χ1n) is 11.2. The number of fused-ring (bicyclic) bond motifs is 1. The van der Waals surface area contributed by atoms with E-state index in [1.54, 1.807) is 31.7 Å². The molecule has 1 aromatic rings. The van der Waals surface area contributed by atoms with Crippen molar-refractivity contribution in [3.05, 3.63) is 18.2 Å². The summed E-state index contributed by atoms with van der Waals surface area (Å²) in [6.45, 7) is 7.37. The zero-order valence-electron chi connectivity index (χ0n) is 19.4. The number of rotatable bonds is 6. The predicted molar refractivity (Wildman–Crippen MR) is 121 cm³/mol. The van der Waals surface area contributed by atoms with Crippen LogP contribution in [0.4, 0.5) is 4.79 Å². The minimum absolute atomic E-state index is 0.00824. The second-order valence-electron chi connectivity index (χ2n) is 9.11. The van der Waals surface area contributed by atoms with Crippen LogP contribution in [0.1, 0.15) is 46.5 Å². The number of sulfonamides is 1. The molecule has 0 saturated carbocycles. The van der Waals surface area contributed by atoms with Crippen molar-refractivity contribution in [2.75, 3.05) is 32.8 Å². The molecule has 1 aromatic carbocycles. The number of amides is 2. The monoisotopic (exact) mass is 483 g/mol. The topological polar surface area (TPSA) is 123 Å². The van der Waals surface area contributed by atoms with Crippen LogP contribution in [-0.4, -0.2) is 69.8 Å². The lowest BCUT2D eigenvalue weighted by atomic mass is 10.0. The van der Waals surface area contributed by atoms with Crippen molar-refractivity contribution in [1.82, 2.24) is 14.9 Å². The number of nitrogens with zero attached hydrogens (tertiary/aromatic N) is 1. The van der Waals surface area contributed by atoms with Crippen LogP contribution >= 0.6 is 0 Å². The zero-order valence-corrected chi connectivity index (χ0v) is 20.2. The Hall–Kier alpha value is -2.53. The molecule has 11 heteroatoms. The SMILES string of the molecule is CC(C)(C)OC(=O)NC1CCN(C(=O)CCNS(=O)(=O)c2ccc3c(c2)OCCCO3)CC1. The van der Waals surface area contributed by atoms with Gasteiger partial charge in [0.25, 0.3) is 0 Å². The van der Waals surface area contributed by atoms with Gasteiger partial charge in [0.2, 0.25) is 15.9 Å². The lowest BCUT2D eigenvalue weighted by molar-refractivity contribution is -0.132. The molecule has 1 fully saturated rings. The van der Waals surface area contributed by atoms with E-state index in [9.17, 15) is 18.0 Å². The number of alkyl carbamates (subject to hydrolysis) is 1. The first-order valence-corrected chi connectivity index (χ1v) is 12.7. The fraction of sp³-hybridized carbons (Fsp3) is 0.636. The van der Waals surface area contributed by atoms with Gasteiger partial charge in [-0.1, -0.05) is 0 Å². The zero-order chi connectivity index (χ0) is 24.1. The molecule has 2 aliphatic heterocycles. The lowest BCUT2D eigenvalue weighted by Crippen LogP contribution is -2.48. The Morgan fingerprint density at radius 3 is 2.45 bits per heavy atom. The summed E-state index contributed by atoms with van der Waals surface area (Å²) in [5, 5.41) is 2.83. The molecule has 0 radical (unpaired) electrons. The molecule has 0 aliphatic carbocycles. The highest BCUT2D eigenvalue weighted by atomic mass is 32.2. The van der Waals surface area contributed by atoms with Crippen LogP contribution in [0.25, 0.3) is 0 Å². The molecule has 184 valence electrons. The largest absolute Gasteiger partial charge is 0.490 e. The Kier molecular flexibility index (Phi) is 8.06. The lowest BCUT2D eigenvalue weighted by Gasteiger charge is -2.33. The fourth-order valence-electron chi connectivity index (χ4n) is 3.59. The summed E-state index contributed by atoms with van der Waals surface area (Å²) < 4.78 is 44.1. The van der Waals surface area contributed by atoms with Crippen molar-refractivity contribution >= 4 is 22.0 Å². The quantitative estimate of drug-likeness (QED) is 0.635. The van der Waals surface area contributed by atoms with E-state index in [0.717, 1.165) is 6.42 Å². The number of benzene rings is 1. The van der Waals surface area contributed by atoms with Crippen LogP contribution in [0.5, 0.6) is 11.5 Å². The third kappa shape index (κ3) is 7.50. The molecule has 33 heavy (non-hydrogen) atoms. The van der Waals surface area contributed by atoms with E-state index in [0.29, 0.717) is 50.6 Å². The van der Waals surface area contributed by atoms with Crippen molar-refractivity contribution in [3.8, 4) is 11.5 Å². The molecule has 0 aromatic heterocycles. The summed E-state index contributed by atoms with van der Waals surface area (Å²) in [6, 6.07) is 4.42. The van der Waals surface area contributed by atoms with Crippen molar-refractivity contribution < 1.29 is 32.2 Å². The Bertz CT molecular complexity index is 951. The Balaban J connectivity index is 1.43. The Labute approximate surface area is 195 Å². The molecule has 2 amide bonds. The second-order valence-corrected chi connectivity index (χ2v) is 10.9. The number of hydrogen-bond donors (Lipinski definition) is 2. The molecule has 0 atom stereocenters. The molecule has 2 aliphatic rings. The second kappa shape index (κ2) is 10.6. The van der Waals surface area contributed by atoms with Crippen molar-refractivity contribution in [2.45, 2.75) is 63.0 Å². The number of carbonyl (C=O) groups is 2. The maximum atomic E-state index is 12.6. The minimum atomic E-state index is -3.79. The number of piperidine rings is 1. The van der Waals surface area contributed by atoms with Gasteiger partial charge in [0.1, 0.15) is 5.60 Å². The van der Waals surface area contributed by atoms with Crippen molar-refractivity contribution in [1.29, 1.82) is 0 Å². The highest BCUT2D eigenvalue weighted by molar-refractivity contribution is 7.89. The van der Waals surface area contributed by atoms with E-state index in [1.807, 2.05) is 0 Å². The average Bonchev–Trinajstić information content (AvgIpc) is 2.97. The number of likely N-dealkylation sites (tertiary alicyclic amines) is 1. The van der Waals surface area contributed by atoms with Crippen molar-refractivity contribution in [2.24, 2.45) is 0 Å². The number of carbonyl (C=O) groups excluding carboxylic acids is 2. The average molecular weight is 484 g/mol. The van der Waals surface area contributed by atoms with Gasteiger partial charge in [-0.3, -0.25) is 4.79 Å². The highest BCUT2D eigenvalue weighted by Gasteiger charge is 2.26. The van der Waals surface area contributed by atoms with E-state index in [-0.39, 0.29) is 29.8 Å². The van der Waals surface area contributed by atoms with Gasteiger partial charge in [0.15, 0.2) is 11.5 Å². The van der Waals surface area contributed by atoms with E-state index in [2.05, 4.69) is 10.0 Å². The van der Waals surface area contributed by atoms with Crippen molar-refractivity contribution in [3.63, 3.8) is 0 Å². The molecule has 0 spiro atoms. The van der Waals surface area contributed by atoms with Crippen LogP contribution in [0.2, 0.25) is 0 Å². The predicted octanol–water partition coefficient (Wildman–Crippen LogP) is 2.03. The third-order valence-electron chi connectivity index (χ3n) is 5.23. The molecule has 0 unspecified atom stereocenters. The maximum Gasteiger partial charge on any atom is 0.407 e. The standard InChI is InChI=1S/C22H33N3O7S/c1-22(2,3)32-21(27)24-16-8-11-25(12-9-16)20(26)7-10-23-33(28,29)17-5-6-18-19(15-17)31-14-4-13-30-18/h5-6,15-16,23H,4,7-14H2,1-3H3,(H,24,27). The third-order valence-corrected chi connectivity index (χ3v) is 6.69.